The highest BCUT2D eigenvalue weighted by molar-refractivity contribution is 6.01. The molecule has 1 saturated heterocycles. The molecule has 0 bridgehead atoms. The molecular formula is C19H26N6. The normalized spacial score (nSPS) is 20.2. The summed E-state index contributed by atoms with van der Waals surface area (Å²) >= 11 is 0. The topological polar surface area (TPSA) is 71.8 Å². The van der Waals surface area contributed by atoms with Crippen LogP contribution in [0.2, 0.25) is 0 Å². The maximum Gasteiger partial charge on any atom is 0.152 e. The molecule has 2 aliphatic rings. The van der Waals surface area contributed by atoms with Gasteiger partial charge in [0.2, 0.25) is 0 Å². The zero-order chi connectivity index (χ0) is 17.6. The molecule has 25 heavy (non-hydrogen) atoms. The molecule has 0 unspecified atom stereocenters. The molecule has 0 atom stereocenters. The lowest BCUT2D eigenvalue weighted by Crippen LogP contribution is -2.48. The molecule has 4 heterocycles. The summed E-state index contributed by atoms with van der Waals surface area (Å²) in [7, 11) is 0. The second kappa shape index (κ2) is 5.95. The van der Waals surface area contributed by atoms with Crippen molar-refractivity contribution < 1.29 is 0 Å². The van der Waals surface area contributed by atoms with Crippen molar-refractivity contribution in [2.24, 2.45) is 10.7 Å². The molecule has 4 rings (SSSR count). The Bertz CT molecular complexity index is 864. The summed E-state index contributed by atoms with van der Waals surface area (Å²) in [5.41, 5.74) is 11.3. The molecule has 1 fully saturated rings. The molecule has 0 aliphatic carbocycles. The van der Waals surface area contributed by atoms with Crippen molar-refractivity contribution in [1.82, 2.24) is 14.6 Å². The average molecular weight is 338 g/mol. The first-order valence-corrected chi connectivity index (χ1v) is 9.07. The summed E-state index contributed by atoms with van der Waals surface area (Å²) in [5.74, 6) is 1.09. The summed E-state index contributed by atoms with van der Waals surface area (Å²) in [4.78, 5) is 11.7. The molecule has 0 amide bonds. The van der Waals surface area contributed by atoms with Crippen LogP contribution >= 0.6 is 0 Å². The van der Waals surface area contributed by atoms with E-state index in [0.29, 0.717) is 0 Å². The first kappa shape index (κ1) is 16.3. The first-order chi connectivity index (χ1) is 11.9. The van der Waals surface area contributed by atoms with Gasteiger partial charge in [0.15, 0.2) is 5.82 Å². The van der Waals surface area contributed by atoms with E-state index in [9.17, 15) is 0 Å². The number of rotatable bonds is 2. The number of hydrogen-bond acceptors (Lipinski definition) is 5. The second-order valence-corrected chi connectivity index (χ2v) is 7.57. The van der Waals surface area contributed by atoms with Crippen LogP contribution in [0.5, 0.6) is 0 Å². The Balaban J connectivity index is 1.80. The van der Waals surface area contributed by atoms with Crippen molar-refractivity contribution in [3.8, 4) is 0 Å². The molecule has 0 saturated carbocycles. The smallest absolute Gasteiger partial charge is 0.152 e. The third-order valence-corrected chi connectivity index (χ3v) is 5.32. The van der Waals surface area contributed by atoms with E-state index in [2.05, 4.69) is 40.4 Å². The number of anilines is 1. The highest BCUT2D eigenvalue weighted by Gasteiger charge is 2.28. The van der Waals surface area contributed by atoms with E-state index >= 15 is 0 Å². The molecule has 0 aromatic carbocycles. The maximum absolute atomic E-state index is 6.31. The van der Waals surface area contributed by atoms with Gasteiger partial charge in [0.05, 0.1) is 22.6 Å². The van der Waals surface area contributed by atoms with Gasteiger partial charge in [0.25, 0.3) is 0 Å². The van der Waals surface area contributed by atoms with Gasteiger partial charge in [-0.15, -0.1) is 0 Å². The van der Waals surface area contributed by atoms with Gasteiger partial charge in [0.1, 0.15) is 5.69 Å². The minimum Gasteiger partial charge on any atom is -0.355 e. The number of aryl methyl sites for hydroxylation is 2. The molecule has 6 nitrogen and oxygen atoms in total. The molecule has 2 aromatic heterocycles. The Kier molecular flexibility index (Phi) is 3.87. The number of hydrogen-bond donors (Lipinski definition) is 1. The van der Waals surface area contributed by atoms with Crippen molar-refractivity contribution in [1.29, 1.82) is 0 Å². The number of fused-ring (bicyclic) bond motifs is 1. The second-order valence-electron chi connectivity index (χ2n) is 7.57. The first-order valence-electron chi connectivity index (χ1n) is 9.07. The number of nitrogens with zero attached hydrogens (tertiary/aromatic N) is 5. The lowest BCUT2D eigenvalue weighted by atomic mass is 9.91. The third-order valence-electron chi connectivity index (χ3n) is 5.32. The Morgan fingerprint density at radius 2 is 1.92 bits per heavy atom. The molecule has 0 radical (unpaired) electrons. The average Bonchev–Trinajstić information content (AvgIpc) is 3.02. The van der Waals surface area contributed by atoms with Gasteiger partial charge in [-0.05, 0) is 52.5 Å². The van der Waals surface area contributed by atoms with Crippen LogP contribution in [0.4, 0.5) is 5.82 Å². The van der Waals surface area contributed by atoms with Crippen LogP contribution in [-0.2, 0) is 0 Å². The molecule has 2 aromatic rings. The van der Waals surface area contributed by atoms with Crippen LogP contribution in [0.25, 0.3) is 5.52 Å². The molecule has 2 N–H and O–H groups in total. The SMILES string of the molecule is Cc1nc(C)c2cc(C3=NC=CCC3)nn2c1N1CCC(C)(N)CC1. The van der Waals surface area contributed by atoms with Gasteiger partial charge in [0, 0.05) is 24.8 Å². The predicted octanol–water partition coefficient (Wildman–Crippen LogP) is 2.76. The van der Waals surface area contributed by atoms with Crippen LogP contribution in [0.1, 0.15) is 49.7 Å². The minimum absolute atomic E-state index is 0.0694. The fourth-order valence-electron chi connectivity index (χ4n) is 3.74. The highest BCUT2D eigenvalue weighted by atomic mass is 15.3. The van der Waals surface area contributed by atoms with Crippen LogP contribution in [-0.4, -0.2) is 38.9 Å². The van der Waals surface area contributed by atoms with Crippen molar-refractivity contribution in [2.45, 2.75) is 52.0 Å². The minimum atomic E-state index is -0.0694. The van der Waals surface area contributed by atoms with Gasteiger partial charge >= 0.3 is 0 Å². The summed E-state index contributed by atoms with van der Waals surface area (Å²) in [5, 5.41) is 4.91. The third kappa shape index (κ3) is 2.95. The number of aromatic nitrogens is 3. The van der Waals surface area contributed by atoms with Gasteiger partial charge in [-0.2, -0.15) is 5.10 Å². The quantitative estimate of drug-likeness (QED) is 0.914. The Morgan fingerprint density at radius 1 is 1.16 bits per heavy atom. The standard InChI is InChI=1S/C19H26N6/c1-13-17-12-16(15-6-4-5-9-21-15)23-25(17)18(14(2)22-13)24-10-7-19(3,20)8-11-24/h5,9,12H,4,6-8,10-11,20H2,1-3H3. The fraction of sp³-hybridized carbons (Fsp3) is 0.526. The van der Waals surface area contributed by atoms with E-state index in [0.717, 1.165) is 72.9 Å². The Hall–Kier alpha value is -2.21. The van der Waals surface area contributed by atoms with Crippen LogP contribution in [0, 0.1) is 13.8 Å². The van der Waals surface area contributed by atoms with E-state index in [1.54, 1.807) is 0 Å². The Morgan fingerprint density at radius 3 is 2.60 bits per heavy atom. The van der Waals surface area contributed by atoms with E-state index in [4.69, 9.17) is 15.8 Å². The number of piperidine rings is 1. The fourth-order valence-corrected chi connectivity index (χ4v) is 3.74. The summed E-state index contributed by atoms with van der Waals surface area (Å²) in [6.45, 7) is 8.13. The van der Waals surface area contributed by atoms with E-state index < -0.39 is 0 Å². The van der Waals surface area contributed by atoms with E-state index in [1.807, 2.05) is 13.1 Å². The number of nitrogens with two attached hydrogens (primary N) is 1. The molecular weight excluding hydrogens is 312 g/mol. The van der Waals surface area contributed by atoms with Crippen LogP contribution in [0.15, 0.2) is 23.3 Å². The molecule has 132 valence electrons. The van der Waals surface area contributed by atoms with Crippen molar-refractivity contribution >= 4 is 17.0 Å². The lowest BCUT2D eigenvalue weighted by Gasteiger charge is -2.38. The molecule has 2 aliphatic heterocycles. The molecule has 0 spiro atoms. The molecule has 6 heteroatoms. The summed E-state index contributed by atoms with van der Waals surface area (Å²) in [6, 6.07) is 2.13. The predicted molar refractivity (Wildman–Crippen MR) is 101 cm³/mol. The van der Waals surface area contributed by atoms with Crippen LogP contribution < -0.4 is 10.6 Å². The zero-order valence-corrected chi connectivity index (χ0v) is 15.3. The summed E-state index contributed by atoms with van der Waals surface area (Å²) in [6.07, 6.45) is 7.90. The largest absolute Gasteiger partial charge is 0.355 e. The highest BCUT2D eigenvalue weighted by Crippen LogP contribution is 2.28. The monoisotopic (exact) mass is 338 g/mol. The summed E-state index contributed by atoms with van der Waals surface area (Å²) < 4.78 is 2.06. The number of allylic oxidation sites excluding steroid dienone is 1. The van der Waals surface area contributed by atoms with Gasteiger partial charge in [-0.25, -0.2) is 4.52 Å². The van der Waals surface area contributed by atoms with Gasteiger partial charge < -0.3 is 10.6 Å². The van der Waals surface area contributed by atoms with Crippen molar-refractivity contribution in [3.05, 3.63) is 35.4 Å². The zero-order valence-electron chi connectivity index (χ0n) is 15.3. The van der Waals surface area contributed by atoms with Crippen molar-refractivity contribution in [3.63, 3.8) is 0 Å². The van der Waals surface area contributed by atoms with Gasteiger partial charge in [-0.1, -0.05) is 6.08 Å². The van der Waals surface area contributed by atoms with E-state index in [1.165, 1.54) is 0 Å². The van der Waals surface area contributed by atoms with Crippen LogP contribution in [0.3, 0.4) is 0 Å². The lowest BCUT2D eigenvalue weighted by molar-refractivity contribution is 0.362. The van der Waals surface area contributed by atoms with Gasteiger partial charge in [-0.3, -0.25) is 9.98 Å². The van der Waals surface area contributed by atoms with E-state index in [-0.39, 0.29) is 5.54 Å². The number of aliphatic imine (C=N–C) groups is 1. The Labute approximate surface area is 148 Å². The van der Waals surface area contributed by atoms with Crippen molar-refractivity contribution in [2.75, 3.05) is 18.0 Å². The maximum atomic E-state index is 6.31.